The number of rotatable bonds is 4. The molecule has 0 saturated carbocycles. The van der Waals surface area contributed by atoms with Crippen molar-refractivity contribution in [3.63, 3.8) is 0 Å². The van der Waals surface area contributed by atoms with Crippen LogP contribution in [0.3, 0.4) is 0 Å². The van der Waals surface area contributed by atoms with Crippen molar-refractivity contribution in [3.05, 3.63) is 77.4 Å². The number of pyridine rings is 1. The Morgan fingerprint density at radius 1 is 0.966 bits per heavy atom. The van der Waals surface area contributed by atoms with Crippen molar-refractivity contribution in [1.29, 1.82) is 0 Å². The SMILES string of the molecule is Cc1ccc(-c2nc3cc(C)c(Nc4nc(-c5cccnc5)cs4)cc3[nH]2)cc1. The number of imidazole rings is 1. The molecule has 3 heterocycles. The molecule has 2 N–H and O–H groups in total. The highest BCUT2D eigenvalue weighted by atomic mass is 32.1. The van der Waals surface area contributed by atoms with Crippen LogP contribution in [0.25, 0.3) is 33.7 Å². The van der Waals surface area contributed by atoms with E-state index in [4.69, 9.17) is 9.97 Å². The van der Waals surface area contributed by atoms with Crippen LogP contribution in [0.5, 0.6) is 0 Å². The first-order valence-electron chi connectivity index (χ1n) is 9.36. The largest absolute Gasteiger partial charge is 0.338 e. The topological polar surface area (TPSA) is 66.5 Å². The normalized spacial score (nSPS) is 11.1. The fourth-order valence-corrected chi connectivity index (χ4v) is 3.97. The minimum absolute atomic E-state index is 0.851. The number of fused-ring (bicyclic) bond motifs is 1. The zero-order valence-corrected chi connectivity index (χ0v) is 16.9. The Labute approximate surface area is 172 Å². The van der Waals surface area contributed by atoms with Gasteiger partial charge in [0.25, 0.3) is 0 Å². The highest BCUT2D eigenvalue weighted by Gasteiger charge is 2.10. The average molecular weight is 398 g/mol. The second-order valence-corrected chi connectivity index (χ2v) is 7.90. The molecule has 0 aliphatic heterocycles. The highest BCUT2D eigenvalue weighted by Crippen LogP contribution is 2.30. The van der Waals surface area contributed by atoms with Gasteiger partial charge in [0.15, 0.2) is 5.13 Å². The second kappa shape index (κ2) is 7.14. The van der Waals surface area contributed by atoms with Gasteiger partial charge in [0.2, 0.25) is 0 Å². The summed E-state index contributed by atoms with van der Waals surface area (Å²) in [6.45, 7) is 4.17. The summed E-state index contributed by atoms with van der Waals surface area (Å²) in [5.41, 5.74) is 8.35. The van der Waals surface area contributed by atoms with Gasteiger partial charge in [-0.15, -0.1) is 11.3 Å². The molecule has 0 aliphatic carbocycles. The lowest BCUT2D eigenvalue weighted by molar-refractivity contribution is 1.30. The van der Waals surface area contributed by atoms with Crippen LogP contribution >= 0.6 is 11.3 Å². The lowest BCUT2D eigenvalue weighted by Gasteiger charge is -2.06. The van der Waals surface area contributed by atoms with E-state index in [1.165, 1.54) is 5.56 Å². The highest BCUT2D eigenvalue weighted by molar-refractivity contribution is 7.14. The number of hydrogen-bond acceptors (Lipinski definition) is 5. The third-order valence-corrected chi connectivity index (χ3v) is 5.61. The van der Waals surface area contributed by atoms with Gasteiger partial charge in [-0.05, 0) is 43.7 Å². The van der Waals surface area contributed by atoms with Crippen LogP contribution in [0.1, 0.15) is 11.1 Å². The van der Waals surface area contributed by atoms with E-state index in [-0.39, 0.29) is 0 Å². The van der Waals surface area contributed by atoms with Gasteiger partial charge in [0.05, 0.1) is 16.7 Å². The molecule has 0 saturated heterocycles. The van der Waals surface area contributed by atoms with Crippen molar-refractivity contribution < 1.29 is 0 Å². The lowest BCUT2D eigenvalue weighted by Crippen LogP contribution is -1.93. The monoisotopic (exact) mass is 397 g/mol. The quantitative estimate of drug-likeness (QED) is 0.384. The van der Waals surface area contributed by atoms with E-state index in [0.29, 0.717) is 0 Å². The lowest BCUT2D eigenvalue weighted by atomic mass is 10.1. The fraction of sp³-hybridized carbons (Fsp3) is 0.0870. The van der Waals surface area contributed by atoms with Crippen LogP contribution in [0.4, 0.5) is 10.8 Å². The molecule has 0 amide bonds. The molecule has 0 fully saturated rings. The smallest absolute Gasteiger partial charge is 0.187 e. The Hall–Kier alpha value is -3.51. The molecular weight excluding hydrogens is 378 g/mol. The van der Waals surface area contributed by atoms with E-state index >= 15 is 0 Å². The molecule has 0 radical (unpaired) electrons. The van der Waals surface area contributed by atoms with Gasteiger partial charge >= 0.3 is 0 Å². The molecular formula is C23H19N5S. The Balaban J connectivity index is 1.45. The number of anilines is 2. The maximum atomic E-state index is 4.76. The van der Waals surface area contributed by atoms with Crippen molar-refractivity contribution in [2.75, 3.05) is 5.32 Å². The third-order valence-electron chi connectivity index (χ3n) is 4.86. The van der Waals surface area contributed by atoms with Crippen LogP contribution in [0, 0.1) is 13.8 Å². The molecule has 5 nitrogen and oxygen atoms in total. The average Bonchev–Trinajstić information content (AvgIpc) is 3.36. The number of nitrogens with zero attached hydrogens (tertiary/aromatic N) is 3. The molecule has 0 unspecified atom stereocenters. The Morgan fingerprint density at radius 3 is 2.62 bits per heavy atom. The number of hydrogen-bond donors (Lipinski definition) is 2. The summed E-state index contributed by atoms with van der Waals surface area (Å²) < 4.78 is 0. The van der Waals surface area contributed by atoms with Crippen molar-refractivity contribution in [2.24, 2.45) is 0 Å². The van der Waals surface area contributed by atoms with Crippen molar-refractivity contribution in [2.45, 2.75) is 13.8 Å². The summed E-state index contributed by atoms with van der Waals surface area (Å²) in [4.78, 5) is 17.1. The molecule has 3 aromatic heterocycles. The summed E-state index contributed by atoms with van der Waals surface area (Å²) in [5.74, 6) is 0.879. The van der Waals surface area contributed by atoms with E-state index in [0.717, 1.165) is 50.1 Å². The molecule has 0 spiro atoms. The van der Waals surface area contributed by atoms with Crippen LogP contribution in [-0.2, 0) is 0 Å². The molecule has 0 bridgehead atoms. The molecule has 0 atom stereocenters. The summed E-state index contributed by atoms with van der Waals surface area (Å²) >= 11 is 1.58. The van der Waals surface area contributed by atoms with Gasteiger partial charge in [-0.2, -0.15) is 0 Å². The van der Waals surface area contributed by atoms with E-state index in [1.54, 1.807) is 17.5 Å². The van der Waals surface area contributed by atoms with E-state index < -0.39 is 0 Å². The van der Waals surface area contributed by atoms with Gasteiger partial charge in [-0.25, -0.2) is 9.97 Å². The molecule has 5 aromatic rings. The van der Waals surface area contributed by atoms with Crippen LogP contribution in [0.2, 0.25) is 0 Å². The minimum Gasteiger partial charge on any atom is -0.338 e. The fourth-order valence-electron chi connectivity index (χ4n) is 3.24. The number of nitrogens with one attached hydrogen (secondary N) is 2. The van der Waals surface area contributed by atoms with Gasteiger partial charge < -0.3 is 10.3 Å². The Bertz CT molecular complexity index is 1290. The van der Waals surface area contributed by atoms with Crippen LogP contribution in [-0.4, -0.2) is 19.9 Å². The molecule has 0 aliphatic rings. The number of H-pyrrole nitrogens is 1. The van der Waals surface area contributed by atoms with Gasteiger partial charge in [-0.1, -0.05) is 29.8 Å². The number of aromatic nitrogens is 4. The van der Waals surface area contributed by atoms with Gasteiger partial charge in [0, 0.05) is 34.6 Å². The zero-order chi connectivity index (χ0) is 19.8. The van der Waals surface area contributed by atoms with Crippen LogP contribution in [0.15, 0.2) is 66.3 Å². The Kier molecular flexibility index (Phi) is 4.33. The molecule has 6 heteroatoms. The predicted octanol–water partition coefficient (Wildman–Crippen LogP) is 6.11. The van der Waals surface area contributed by atoms with E-state index in [1.807, 2.05) is 23.7 Å². The molecule has 142 valence electrons. The summed E-state index contributed by atoms with van der Waals surface area (Å²) in [5, 5.41) is 6.34. The summed E-state index contributed by atoms with van der Waals surface area (Å²) in [7, 11) is 0. The molecule has 5 rings (SSSR count). The molecule has 2 aromatic carbocycles. The first kappa shape index (κ1) is 17.6. The first-order valence-corrected chi connectivity index (χ1v) is 10.2. The van der Waals surface area contributed by atoms with E-state index in [9.17, 15) is 0 Å². The maximum Gasteiger partial charge on any atom is 0.187 e. The minimum atomic E-state index is 0.851. The van der Waals surface area contributed by atoms with E-state index in [2.05, 4.69) is 65.5 Å². The predicted molar refractivity (Wildman–Crippen MR) is 120 cm³/mol. The first-order chi connectivity index (χ1) is 14.2. The van der Waals surface area contributed by atoms with Gasteiger partial charge in [-0.3, -0.25) is 4.98 Å². The molecule has 29 heavy (non-hydrogen) atoms. The van der Waals surface area contributed by atoms with Crippen molar-refractivity contribution in [1.82, 2.24) is 19.9 Å². The second-order valence-electron chi connectivity index (χ2n) is 7.04. The maximum absolute atomic E-state index is 4.76. The van der Waals surface area contributed by atoms with Crippen molar-refractivity contribution >= 4 is 33.2 Å². The summed E-state index contributed by atoms with van der Waals surface area (Å²) in [6.07, 6.45) is 3.59. The third kappa shape index (κ3) is 3.50. The van der Waals surface area contributed by atoms with Crippen molar-refractivity contribution in [3.8, 4) is 22.6 Å². The number of aryl methyl sites for hydroxylation is 2. The van der Waals surface area contributed by atoms with Crippen LogP contribution < -0.4 is 5.32 Å². The number of thiazole rings is 1. The standard InChI is InChI=1S/C23H19N5S/c1-14-5-7-16(8-6-14)22-25-19-10-15(2)18(11-20(19)26-22)27-23-28-21(13-29-23)17-4-3-9-24-12-17/h3-13H,1-2H3,(H,25,26)(H,27,28). The summed E-state index contributed by atoms with van der Waals surface area (Å²) in [6, 6.07) is 16.5. The Morgan fingerprint density at radius 2 is 1.83 bits per heavy atom. The number of aromatic amines is 1. The zero-order valence-electron chi connectivity index (χ0n) is 16.1. The van der Waals surface area contributed by atoms with Gasteiger partial charge in [0.1, 0.15) is 5.82 Å². The number of benzene rings is 2.